The minimum absolute atomic E-state index is 0.0513. The molecule has 0 saturated carbocycles. The van der Waals surface area contributed by atoms with Crippen molar-refractivity contribution in [3.05, 3.63) is 46.5 Å². The Kier molecular flexibility index (Phi) is 8.26. The zero-order valence-electron chi connectivity index (χ0n) is 16.6. The predicted octanol–water partition coefficient (Wildman–Crippen LogP) is 4.15. The lowest BCUT2D eigenvalue weighted by molar-refractivity contribution is -0.121. The zero-order chi connectivity index (χ0) is 20.5. The number of hydrogen-bond donors (Lipinski definition) is 1. The average molecular weight is 408 g/mol. The van der Waals surface area contributed by atoms with Crippen molar-refractivity contribution < 1.29 is 23.7 Å². The molecule has 0 unspecified atom stereocenters. The molecule has 6 nitrogen and oxygen atoms in total. The van der Waals surface area contributed by atoms with E-state index in [1.54, 1.807) is 27.4 Å². The Labute approximate surface area is 170 Å². The molecule has 1 amide bonds. The van der Waals surface area contributed by atoms with Crippen LogP contribution in [0.2, 0.25) is 5.02 Å². The second kappa shape index (κ2) is 10.7. The molecule has 0 aliphatic carbocycles. The first-order valence-corrected chi connectivity index (χ1v) is 9.30. The molecule has 1 N–H and O–H groups in total. The Morgan fingerprint density at radius 2 is 1.71 bits per heavy atom. The monoisotopic (exact) mass is 407 g/mol. The van der Waals surface area contributed by atoms with E-state index in [4.69, 9.17) is 30.5 Å². The van der Waals surface area contributed by atoms with E-state index in [0.717, 1.165) is 16.9 Å². The molecule has 2 aromatic rings. The highest BCUT2D eigenvalue weighted by Crippen LogP contribution is 2.38. The third kappa shape index (κ3) is 5.96. The molecule has 28 heavy (non-hydrogen) atoms. The number of carbonyl (C=O) groups excluding carboxylic acids is 1. The molecule has 0 bridgehead atoms. The van der Waals surface area contributed by atoms with E-state index in [1.807, 2.05) is 31.2 Å². The molecule has 2 rings (SSSR count). The number of nitrogens with one attached hydrogen (secondary N) is 1. The molecule has 0 aliphatic heterocycles. The Balaban J connectivity index is 1.80. The number of aryl methyl sites for hydroxylation is 1. The van der Waals surface area contributed by atoms with Crippen molar-refractivity contribution in [1.29, 1.82) is 0 Å². The summed E-state index contributed by atoms with van der Waals surface area (Å²) in [5.74, 6) is 2.33. The molecule has 152 valence electrons. The molecule has 0 aliphatic rings. The standard InChI is InChI=1S/C21H26ClNO5/c1-14-10-16(7-8-17(14)22)28-9-5-6-20(24)23-13-15-11-18(25-2)21(27-4)19(12-15)26-3/h7-8,10-12H,5-6,9,13H2,1-4H3,(H,23,24). The quantitative estimate of drug-likeness (QED) is 0.599. The van der Waals surface area contributed by atoms with Gasteiger partial charge in [0.25, 0.3) is 0 Å². The highest BCUT2D eigenvalue weighted by Gasteiger charge is 2.13. The van der Waals surface area contributed by atoms with E-state index in [-0.39, 0.29) is 5.91 Å². The van der Waals surface area contributed by atoms with Gasteiger partial charge in [-0.3, -0.25) is 4.79 Å². The normalized spacial score (nSPS) is 10.3. The van der Waals surface area contributed by atoms with Gasteiger partial charge in [0.1, 0.15) is 5.75 Å². The minimum Gasteiger partial charge on any atom is -0.494 e. The zero-order valence-corrected chi connectivity index (χ0v) is 17.4. The smallest absolute Gasteiger partial charge is 0.220 e. The Morgan fingerprint density at radius 3 is 2.29 bits per heavy atom. The van der Waals surface area contributed by atoms with Crippen LogP contribution in [0, 0.1) is 6.92 Å². The maximum absolute atomic E-state index is 12.1. The highest BCUT2D eigenvalue weighted by atomic mass is 35.5. The van der Waals surface area contributed by atoms with Crippen LogP contribution in [0.3, 0.4) is 0 Å². The molecule has 7 heteroatoms. The van der Waals surface area contributed by atoms with E-state index in [2.05, 4.69) is 5.32 Å². The summed E-state index contributed by atoms with van der Waals surface area (Å²) in [4.78, 5) is 12.1. The van der Waals surface area contributed by atoms with Gasteiger partial charge in [-0.05, 0) is 54.8 Å². The van der Waals surface area contributed by atoms with Gasteiger partial charge in [0, 0.05) is 18.0 Å². The molecule has 0 radical (unpaired) electrons. The summed E-state index contributed by atoms with van der Waals surface area (Å²) in [5.41, 5.74) is 1.82. The third-order valence-corrected chi connectivity index (χ3v) is 4.58. The Morgan fingerprint density at radius 1 is 1.04 bits per heavy atom. The van der Waals surface area contributed by atoms with Gasteiger partial charge >= 0.3 is 0 Å². The van der Waals surface area contributed by atoms with Gasteiger partial charge in [-0.2, -0.15) is 0 Å². The van der Waals surface area contributed by atoms with Crippen molar-refractivity contribution in [3.63, 3.8) is 0 Å². The molecule has 0 heterocycles. The first kappa shape index (κ1) is 21.7. The Hall–Kier alpha value is -2.60. The second-order valence-electron chi connectivity index (χ2n) is 6.17. The summed E-state index contributed by atoms with van der Waals surface area (Å²) in [6, 6.07) is 9.13. The lowest BCUT2D eigenvalue weighted by atomic mass is 10.1. The number of methoxy groups -OCH3 is 3. The predicted molar refractivity (Wildman–Crippen MR) is 109 cm³/mol. The molecule has 0 spiro atoms. The van der Waals surface area contributed by atoms with Crippen molar-refractivity contribution in [3.8, 4) is 23.0 Å². The summed E-state index contributed by atoms with van der Waals surface area (Å²) in [6.07, 6.45) is 0.986. The van der Waals surface area contributed by atoms with Crippen LogP contribution in [0.5, 0.6) is 23.0 Å². The first-order valence-electron chi connectivity index (χ1n) is 8.93. The van der Waals surface area contributed by atoms with E-state index >= 15 is 0 Å². The van der Waals surface area contributed by atoms with Gasteiger partial charge in [0.15, 0.2) is 11.5 Å². The fourth-order valence-electron chi connectivity index (χ4n) is 2.66. The number of hydrogen-bond acceptors (Lipinski definition) is 5. The van der Waals surface area contributed by atoms with Crippen LogP contribution in [0.25, 0.3) is 0 Å². The fraction of sp³-hybridized carbons (Fsp3) is 0.381. The van der Waals surface area contributed by atoms with Gasteiger partial charge in [-0.1, -0.05) is 11.6 Å². The molecular formula is C21H26ClNO5. The van der Waals surface area contributed by atoms with E-state index < -0.39 is 0 Å². The van der Waals surface area contributed by atoms with Gasteiger partial charge in [-0.15, -0.1) is 0 Å². The maximum Gasteiger partial charge on any atom is 0.220 e. The molecule has 0 saturated heterocycles. The van der Waals surface area contributed by atoms with Gasteiger partial charge in [0.05, 0.1) is 27.9 Å². The number of halogens is 1. The van der Waals surface area contributed by atoms with Crippen molar-refractivity contribution in [2.24, 2.45) is 0 Å². The van der Waals surface area contributed by atoms with E-state index in [9.17, 15) is 4.79 Å². The van der Waals surface area contributed by atoms with Crippen LogP contribution in [0.1, 0.15) is 24.0 Å². The minimum atomic E-state index is -0.0513. The number of carbonyl (C=O) groups is 1. The van der Waals surface area contributed by atoms with Crippen LogP contribution < -0.4 is 24.3 Å². The van der Waals surface area contributed by atoms with Crippen LogP contribution in [-0.2, 0) is 11.3 Å². The van der Waals surface area contributed by atoms with Crippen LogP contribution in [0.15, 0.2) is 30.3 Å². The average Bonchev–Trinajstić information content (AvgIpc) is 2.71. The Bertz CT molecular complexity index is 784. The lowest BCUT2D eigenvalue weighted by Gasteiger charge is -2.14. The number of benzene rings is 2. The number of ether oxygens (including phenoxy) is 4. The van der Waals surface area contributed by atoms with Crippen LogP contribution in [-0.4, -0.2) is 33.8 Å². The number of rotatable bonds is 10. The summed E-state index contributed by atoms with van der Waals surface area (Å²) in [7, 11) is 4.67. The molecule has 0 atom stereocenters. The van der Waals surface area contributed by atoms with Crippen molar-refractivity contribution >= 4 is 17.5 Å². The van der Waals surface area contributed by atoms with E-state index in [1.165, 1.54) is 0 Å². The molecule has 0 aromatic heterocycles. The topological polar surface area (TPSA) is 66.0 Å². The maximum atomic E-state index is 12.1. The lowest BCUT2D eigenvalue weighted by Crippen LogP contribution is -2.23. The van der Waals surface area contributed by atoms with E-state index in [0.29, 0.717) is 48.3 Å². The van der Waals surface area contributed by atoms with Gasteiger partial charge < -0.3 is 24.3 Å². The van der Waals surface area contributed by atoms with Crippen molar-refractivity contribution in [2.45, 2.75) is 26.3 Å². The van der Waals surface area contributed by atoms with Crippen molar-refractivity contribution in [1.82, 2.24) is 5.32 Å². The largest absolute Gasteiger partial charge is 0.494 e. The third-order valence-electron chi connectivity index (χ3n) is 4.16. The highest BCUT2D eigenvalue weighted by molar-refractivity contribution is 6.31. The summed E-state index contributed by atoms with van der Waals surface area (Å²) in [6.45, 7) is 2.75. The molecular weight excluding hydrogens is 382 g/mol. The molecule has 0 fully saturated rings. The second-order valence-corrected chi connectivity index (χ2v) is 6.58. The first-order chi connectivity index (χ1) is 13.5. The fourth-order valence-corrected chi connectivity index (χ4v) is 2.77. The molecule has 2 aromatic carbocycles. The SMILES string of the molecule is COc1cc(CNC(=O)CCCOc2ccc(Cl)c(C)c2)cc(OC)c1OC. The summed E-state index contributed by atoms with van der Waals surface area (Å²) in [5, 5.41) is 3.60. The summed E-state index contributed by atoms with van der Waals surface area (Å²) < 4.78 is 21.6. The summed E-state index contributed by atoms with van der Waals surface area (Å²) >= 11 is 5.99. The van der Waals surface area contributed by atoms with Gasteiger partial charge in [-0.25, -0.2) is 0 Å². The van der Waals surface area contributed by atoms with Crippen molar-refractivity contribution in [2.75, 3.05) is 27.9 Å². The number of amides is 1. The van der Waals surface area contributed by atoms with Crippen LogP contribution in [0.4, 0.5) is 0 Å². The van der Waals surface area contributed by atoms with Crippen LogP contribution >= 0.6 is 11.6 Å². The van der Waals surface area contributed by atoms with Gasteiger partial charge in [0.2, 0.25) is 11.7 Å².